The fourth-order valence-corrected chi connectivity index (χ4v) is 2.91. The van der Waals surface area contributed by atoms with Crippen LogP contribution in [-0.2, 0) is 16.1 Å². The number of fused-ring (bicyclic) bond motifs is 1. The van der Waals surface area contributed by atoms with E-state index in [4.69, 9.17) is 14.2 Å². The highest BCUT2D eigenvalue weighted by molar-refractivity contribution is 5.92. The van der Waals surface area contributed by atoms with Crippen molar-refractivity contribution in [3.63, 3.8) is 0 Å². The van der Waals surface area contributed by atoms with E-state index in [1.807, 2.05) is 24.3 Å². The van der Waals surface area contributed by atoms with Crippen molar-refractivity contribution in [1.82, 2.24) is 5.32 Å². The maximum Gasteiger partial charge on any atom is 0.223 e. The summed E-state index contributed by atoms with van der Waals surface area (Å²) in [5, 5.41) is 2.87. The number of hydrogen-bond acceptors (Lipinski definition) is 5. The first-order chi connectivity index (χ1) is 13.6. The van der Waals surface area contributed by atoms with Gasteiger partial charge in [0.2, 0.25) is 11.8 Å². The van der Waals surface area contributed by atoms with Crippen molar-refractivity contribution in [3.8, 4) is 17.2 Å². The molecule has 1 N–H and O–H groups in total. The molecule has 1 aliphatic heterocycles. The molecule has 2 aromatic carbocycles. The highest BCUT2D eigenvalue weighted by Gasteiger charge is 2.18. The fourth-order valence-electron chi connectivity index (χ4n) is 2.91. The van der Waals surface area contributed by atoms with Gasteiger partial charge in [0.15, 0.2) is 11.5 Å². The zero-order chi connectivity index (χ0) is 19.9. The average Bonchev–Trinajstić information content (AvgIpc) is 2.72. The van der Waals surface area contributed by atoms with Gasteiger partial charge >= 0.3 is 0 Å². The maximum atomic E-state index is 12.2. The van der Waals surface area contributed by atoms with E-state index in [9.17, 15) is 9.59 Å². The first kappa shape index (κ1) is 19.5. The molecule has 3 rings (SSSR count). The molecular formula is C21H24N2O5. The number of anilines is 1. The summed E-state index contributed by atoms with van der Waals surface area (Å²) in [6, 6.07) is 12.8. The molecule has 2 amide bonds. The lowest BCUT2D eigenvalue weighted by Crippen LogP contribution is -2.33. The van der Waals surface area contributed by atoms with Crippen molar-refractivity contribution in [2.75, 3.05) is 31.8 Å². The van der Waals surface area contributed by atoms with Gasteiger partial charge in [0, 0.05) is 38.2 Å². The van der Waals surface area contributed by atoms with Gasteiger partial charge in [-0.3, -0.25) is 9.59 Å². The van der Waals surface area contributed by atoms with Crippen molar-refractivity contribution in [3.05, 3.63) is 48.0 Å². The lowest BCUT2D eigenvalue weighted by molar-refractivity contribution is -0.121. The number of hydrogen-bond donors (Lipinski definition) is 1. The summed E-state index contributed by atoms with van der Waals surface area (Å²) in [6.07, 6.45) is 0.199. The zero-order valence-electron chi connectivity index (χ0n) is 16.1. The van der Waals surface area contributed by atoms with E-state index in [0.717, 1.165) is 11.3 Å². The normalized spacial score (nSPS) is 12.2. The van der Waals surface area contributed by atoms with E-state index in [1.165, 1.54) is 6.92 Å². The third-order valence-corrected chi connectivity index (χ3v) is 4.43. The Hall–Kier alpha value is -3.22. The van der Waals surface area contributed by atoms with E-state index >= 15 is 0 Å². The second kappa shape index (κ2) is 9.12. The average molecular weight is 384 g/mol. The quantitative estimate of drug-likeness (QED) is 0.794. The fraction of sp³-hybridized carbons (Fsp3) is 0.333. The third kappa shape index (κ3) is 4.94. The number of methoxy groups -OCH3 is 1. The van der Waals surface area contributed by atoms with Gasteiger partial charge in [-0.15, -0.1) is 0 Å². The number of ether oxygens (including phenoxy) is 3. The number of carbonyl (C=O) groups is 2. The zero-order valence-corrected chi connectivity index (χ0v) is 16.1. The Balaban J connectivity index is 1.55. The van der Waals surface area contributed by atoms with Gasteiger partial charge < -0.3 is 24.4 Å². The molecule has 1 heterocycles. The molecule has 0 bridgehead atoms. The van der Waals surface area contributed by atoms with Crippen LogP contribution in [0.4, 0.5) is 5.69 Å². The summed E-state index contributed by atoms with van der Waals surface area (Å²) in [6.45, 7) is 3.17. The van der Waals surface area contributed by atoms with Crippen LogP contribution in [0.15, 0.2) is 42.5 Å². The molecule has 7 nitrogen and oxygen atoms in total. The van der Waals surface area contributed by atoms with E-state index in [0.29, 0.717) is 36.9 Å². The van der Waals surface area contributed by atoms with E-state index < -0.39 is 0 Å². The van der Waals surface area contributed by atoms with Crippen LogP contribution >= 0.6 is 0 Å². The lowest BCUT2D eigenvalue weighted by atomic mass is 10.2. The van der Waals surface area contributed by atoms with Gasteiger partial charge in [0.1, 0.15) is 19.0 Å². The second-order valence-corrected chi connectivity index (χ2v) is 6.37. The van der Waals surface area contributed by atoms with E-state index in [-0.39, 0.29) is 24.8 Å². The number of nitrogens with one attached hydrogen (secondary N) is 1. The Morgan fingerprint density at radius 3 is 2.46 bits per heavy atom. The summed E-state index contributed by atoms with van der Waals surface area (Å²) in [5.74, 6) is 1.78. The largest absolute Gasteiger partial charge is 0.497 e. The third-order valence-electron chi connectivity index (χ3n) is 4.43. The Bertz CT molecular complexity index is 835. The summed E-state index contributed by atoms with van der Waals surface area (Å²) >= 11 is 0. The van der Waals surface area contributed by atoms with Crippen LogP contribution in [0, 0.1) is 0 Å². The topological polar surface area (TPSA) is 77.1 Å². The Morgan fingerprint density at radius 2 is 1.79 bits per heavy atom. The van der Waals surface area contributed by atoms with Crippen molar-refractivity contribution in [1.29, 1.82) is 0 Å². The molecule has 0 fully saturated rings. The van der Waals surface area contributed by atoms with Gasteiger partial charge in [0.05, 0.1) is 7.11 Å². The Kier molecular flexibility index (Phi) is 6.37. The van der Waals surface area contributed by atoms with Gasteiger partial charge in [0.25, 0.3) is 0 Å². The van der Waals surface area contributed by atoms with E-state index in [2.05, 4.69) is 5.32 Å². The van der Waals surface area contributed by atoms with Gasteiger partial charge in [-0.05, 0) is 29.8 Å². The van der Waals surface area contributed by atoms with Crippen molar-refractivity contribution in [2.45, 2.75) is 19.9 Å². The monoisotopic (exact) mass is 384 g/mol. The SMILES string of the molecule is COc1ccc(CNC(=O)CCN(C(C)=O)c2ccc3c(c2)OCCO3)cc1. The molecule has 0 saturated heterocycles. The molecule has 1 aliphatic rings. The molecule has 2 aromatic rings. The first-order valence-corrected chi connectivity index (χ1v) is 9.14. The number of carbonyl (C=O) groups excluding carboxylic acids is 2. The molecule has 7 heteroatoms. The minimum absolute atomic E-state index is 0.125. The Labute approximate surface area is 164 Å². The molecule has 0 radical (unpaired) electrons. The van der Waals surface area contributed by atoms with Crippen LogP contribution in [0.1, 0.15) is 18.9 Å². The number of rotatable bonds is 7. The van der Waals surface area contributed by atoms with Crippen LogP contribution in [0.25, 0.3) is 0 Å². The number of benzene rings is 2. The molecule has 148 valence electrons. The van der Waals surface area contributed by atoms with Crippen LogP contribution in [-0.4, -0.2) is 38.7 Å². The standard InChI is InChI=1S/C21H24N2O5/c1-15(24)23(17-5-8-19-20(13-17)28-12-11-27-19)10-9-21(25)22-14-16-3-6-18(26-2)7-4-16/h3-8,13H,9-12,14H2,1-2H3,(H,22,25). The van der Waals surface area contributed by atoms with Gasteiger partial charge in [-0.1, -0.05) is 12.1 Å². The van der Waals surface area contributed by atoms with Gasteiger partial charge in [-0.25, -0.2) is 0 Å². The molecule has 0 saturated carbocycles. The highest BCUT2D eigenvalue weighted by atomic mass is 16.6. The summed E-state index contributed by atoms with van der Waals surface area (Å²) < 4.78 is 16.2. The summed E-state index contributed by atoms with van der Waals surface area (Å²) in [4.78, 5) is 25.8. The summed E-state index contributed by atoms with van der Waals surface area (Å²) in [7, 11) is 1.61. The minimum Gasteiger partial charge on any atom is -0.497 e. The molecule has 0 spiro atoms. The number of nitrogens with zero attached hydrogens (tertiary/aromatic N) is 1. The predicted octanol–water partition coefficient (Wildman–Crippen LogP) is 2.53. The molecule has 0 aliphatic carbocycles. The molecule has 0 unspecified atom stereocenters. The smallest absolute Gasteiger partial charge is 0.223 e. The van der Waals surface area contributed by atoms with Crippen LogP contribution < -0.4 is 24.4 Å². The molecule has 28 heavy (non-hydrogen) atoms. The van der Waals surface area contributed by atoms with Crippen LogP contribution in [0.2, 0.25) is 0 Å². The van der Waals surface area contributed by atoms with Crippen molar-refractivity contribution >= 4 is 17.5 Å². The maximum absolute atomic E-state index is 12.2. The molecule has 0 aromatic heterocycles. The molecule has 0 atom stereocenters. The molecular weight excluding hydrogens is 360 g/mol. The lowest BCUT2D eigenvalue weighted by Gasteiger charge is -2.24. The van der Waals surface area contributed by atoms with Crippen LogP contribution in [0.3, 0.4) is 0 Å². The van der Waals surface area contributed by atoms with E-state index in [1.54, 1.807) is 30.2 Å². The second-order valence-electron chi connectivity index (χ2n) is 6.37. The number of amides is 2. The van der Waals surface area contributed by atoms with Crippen molar-refractivity contribution in [2.24, 2.45) is 0 Å². The predicted molar refractivity (Wildman–Crippen MR) is 105 cm³/mol. The summed E-state index contributed by atoms with van der Waals surface area (Å²) in [5.41, 5.74) is 1.66. The van der Waals surface area contributed by atoms with Gasteiger partial charge in [-0.2, -0.15) is 0 Å². The minimum atomic E-state index is -0.139. The van der Waals surface area contributed by atoms with Crippen LogP contribution in [0.5, 0.6) is 17.2 Å². The Morgan fingerprint density at radius 1 is 1.07 bits per heavy atom. The first-order valence-electron chi connectivity index (χ1n) is 9.14. The van der Waals surface area contributed by atoms with Crippen molar-refractivity contribution < 1.29 is 23.8 Å². The highest BCUT2D eigenvalue weighted by Crippen LogP contribution is 2.34.